The molecule has 0 radical (unpaired) electrons. The summed E-state index contributed by atoms with van der Waals surface area (Å²) in [6, 6.07) is 17.2. The highest BCUT2D eigenvalue weighted by atomic mass is 32.2. The average molecular weight is 344 g/mol. The largest absolute Gasteiger partial charge is 0.299 e. The van der Waals surface area contributed by atoms with Crippen molar-refractivity contribution in [2.75, 3.05) is 13.1 Å². The Balaban J connectivity index is 1.86. The van der Waals surface area contributed by atoms with Crippen molar-refractivity contribution in [1.29, 1.82) is 0 Å². The third-order valence-corrected chi connectivity index (χ3v) is 6.11. The minimum atomic E-state index is -3.55. The van der Waals surface area contributed by atoms with E-state index in [4.69, 9.17) is 0 Å². The maximum Gasteiger partial charge on any atom is 0.241 e. The van der Waals surface area contributed by atoms with Gasteiger partial charge in [-0.1, -0.05) is 48.5 Å². The van der Waals surface area contributed by atoms with Crippen molar-refractivity contribution in [2.24, 2.45) is 0 Å². The van der Waals surface area contributed by atoms with Gasteiger partial charge in [-0.25, -0.2) is 13.1 Å². The molecule has 2 aromatic rings. The number of hydrogen-bond acceptors (Lipinski definition) is 3. The first kappa shape index (κ1) is 17.1. The predicted octanol–water partition coefficient (Wildman–Crippen LogP) is 3.11. The van der Waals surface area contributed by atoms with Crippen LogP contribution in [-0.4, -0.2) is 38.5 Å². The maximum absolute atomic E-state index is 12.9. The van der Waals surface area contributed by atoms with Crippen LogP contribution in [-0.2, 0) is 10.0 Å². The van der Waals surface area contributed by atoms with Gasteiger partial charge in [0, 0.05) is 30.7 Å². The van der Waals surface area contributed by atoms with E-state index in [0.717, 1.165) is 30.6 Å². The Bertz CT molecular complexity index is 788. The van der Waals surface area contributed by atoms with Crippen LogP contribution in [0.3, 0.4) is 0 Å². The molecule has 0 spiro atoms. The molecule has 3 rings (SSSR count). The normalized spacial score (nSPS) is 19.0. The molecule has 1 aliphatic rings. The molecule has 2 aromatic carbocycles. The lowest BCUT2D eigenvalue weighted by Crippen LogP contribution is -2.38. The highest BCUT2D eigenvalue weighted by molar-refractivity contribution is 7.89. The molecule has 0 aromatic heterocycles. The van der Waals surface area contributed by atoms with Gasteiger partial charge in [0.15, 0.2) is 0 Å². The van der Waals surface area contributed by atoms with Crippen molar-refractivity contribution in [3.8, 4) is 11.1 Å². The standard InChI is InChI=1S/C19H24N2O2S/c1-15(2)21-13-12-17(14-21)20-24(22,23)19-11-7-6-10-18(19)16-8-4-3-5-9-16/h3-11,15,17,20H,12-14H2,1-2H3/t17-/m0/s1. The third kappa shape index (κ3) is 3.69. The summed E-state index contributed by atoms with van der Waals surface area (Å²) in [6.07, 6.45) is 0.852. The number of likely N-dealkylation sites (tertiary alicyclic amines) is 1. The Kier molecular flexibility index (Phi) is 5.04. The lowest BCUT2D eigenvalue weighted by molar-refractivity contribution is 0.271. The molecule has 0 bridgehead atoms. The van der Waals surface area contributed by atoms with E-state index in [1.807, 2.05) is 42.5 Å². The van der Waals surface area contributed by atoms with Crippen LogP contribution < -0.4 is 4.72 Å². The molecule has 5 heteroatoms. The molecule has 1 N–H and O–H groups in total. The van der Waals surface area contributed by atoms with Crippen LogP contribution in [0.5, 0.6) is 0 Å². The van der Waals surface area contributed by atoms with Gasteiger partial charge in [-0.3, -0.25) is 4.90 Å². The van der Waals surface area contributed by atoms with E-state index in [-0.39, 0.29) is 6.04 Å². The van der Waals surface area contributed by atoms with Crippen molar-refractivity contribution in [3.63, 3.8) is 0 Å². The lowest BCUT2D eigenvalue weighted by atomic mass is 10.1. The van der Waals surface area contributed by atoms with E-state index in [2.05, 4.69) is 23.5 Å². The van der Waals surface area contributed by atoms with Crippen LogP contribution in [0.1, 0.15) is 20.3 Å². The second kappa shape index (κ2) is 7.05. The molecule has 0 unspecified atom stereocenters. The monoisotopic (exact) mass is 344 g/mol. The zero-order chi connectivity index (χ0) is 17.2. The minimum Gasteiger partial charge on any atom is -0.299 e. The Hall–Kier alpha value is -1.69. The molecule has 128 valence electrons. The van der Waals surface area contributed by atoms with Gasteiger partial charge in [-0.15, -0.1) is 0 Å². The quantitative estimate of drug-likeness (QED) is 0.907. The highest BCUT2D eigenvalue weighted by Gasteiger charge is 2.29. The number of sulfonamides is 1. The lowest BCUT2D eigenvalue weighted by Gasteiger charge is -2.20. The molecule has 1 heterocycles. The minimum absolute atomic E-state index is 0.0266. The summed E-state index contributed by atoms with van der Waals surface area (Å²) in [5, 5.41) is 0. The van der Waals surface area contributed by atoms with Crippen molar-refractivity contribution in [2.45, 2.75) is 37.2 Å². The summed E-state index contributed by atoms with van der Waals surface area (Å²) in [7, 11) is -3.55. The van der Waals surface area contributed by atoms with Crippen molar-refractivity contribution in [3.05, 3.63) is 54.6 Å². The SMILES string of the molecule is CC(C)N1CC[C@H](NS(=O)(=O)c2ccccc2-c2ccccc2)C1. The molecule has 1 fully saturated rings. The van der Waals surface area contributed by atoms with Crippen LogP contribution in [0.2, 0.25) is 0 Å². The van der Waals surface area contributed by atoms with E-state index >= 15 is 0 Å². The summed E-state index contributed by atoms with van der Waals surface area (Å²) >= 11 is 0. The van der Waals surface area contributed by atoms with E-state index in [1.54, 1.807) is 12.1 Å². The molecule has 1 saturated heterocycles. The predicted molar refractivity (Wildman–Crippen MR) is 97.3 cm³/mol. The Morgan fingerprint density at radius 3 is 2.38 bits per heavy atom. The molecule has 4 nitrogen and oxygen atoms in total. The van der Waals surface area contributed by atoms with Crippen molar-refractivity contribution < 1.29 is 8.42 Å². The van der Waals surface area contributed by atoms with Crippen LogP contribution in [0.4, 0.5) is 0 Å². The second-order valence-corrected chi connectivity index (χ2v) is 8.24. The Morgan fingerprint density at radius 1 is 1.04 bits per heavy atom. The highest BCUT2D eigenvalue weighted by Crippen LogP contribution is 2.27. The molecular formula is C19H24N2O2S. The molecule has 1 atom stereocenters. The molecule has 0 amide bonds. The zero-order valence-electron chi connectivity index (χ0n) is 14.1. The van der Waals surface area contributed by atoms with E-state index in [1.165, 1.54) is 0 Å². The molecule has 0 saturated carbocycles. The van der Waals surface area contributed by atoms with Gasteiger partial charge in [0.2, 0.25) is 10.0 Å². The fourth-order valence-corrected chi connectivity index (χ4v) is 4.68. The van der Waals surface area contributed by atoms with Crippen LogP contribution in [0.25, 0.3) is 11.1 Å². The summed E-state index contributed by atoms with van der Waals surface area (Å²) in [4.78, 5) is 2.65. The fraction of sp³-hybridized carbons (Fsp3) is 0.368. The second-order valence-electron chi connectivity index (χ2n) is 6.56. The molecule has 24 heavy (non-hydrogen) atoms. The van der Waals surface area contributed by atoms with Gasteiger partial charge in [0.1, 0.15) is 0 Å². The van der Waals surface area contributed by atoms with Gasteiger partial charge in [0.05, 0.1) is 4.90 Å². The van der Waals surface area contributed by atoms with Gasteiger partial charge in [0.25, 0.3) is 0 Å². The summed E-state index contributed by atoms with van der Waals surface area (Å²) in [5.74, 6) is 0. The van der Waals surface area contributed by atoms with Gasteiger partial charge in [-0.05, 0) is 31.9 Å². The summed E-state index contributed by atoms with van der Waals surface area (Å²) < 4.78 is 28.8. The molecular weight excluding hydrogens is 320 g/mol. The number of nitrogens with one attached hydrogen (secondary N) is 1. The maximum atomic E-state index is 12.9. The Labute approximate surface area is 144 Å². The smallest absolute Gasteiger partial charge is 0.241 e. The number of rotatable bonds is 5. The van der Waals surface area contributed by atoms with E-state index in [9.17, 15) is 8.42 Å². The zero-order valence-corrected chi connectivity index (χ0v) is 15.0. The van der Waals surface area contributed by atoms with Crippen molar-refractivity contribution in [1.82, 2.24) is 9.62 Å². The first-order valence-electron chi connectivity index (χ1n) is 8.38. The number of hydrogen-bond donors (Lipinski definition) is 1. The Morgan fingerprint density at radius 2 is 1.71 bits per heavy atom. The summed E-state index contributed by atoms with van der Waals surface area (Å²) in [6.45, 7) is 5.98. The average Bonchev–Trinajstić information content (AvgIpc) is 3.04. The van der Waals surface area contributed by atoms with Crippen LogP contribution in [0, 0.1) is 0 Å². The van der Waals surface area contributed by atoms with Gasteiger partial charge < -0.3 is 0 Å². The first-order valence-corrected chi connectivity index (χ1v) is 9.86. The number of nitrogens with zero attached hydrogens (tertiary/aromatic N) is 1. The third-order valence-electron chi connectivity index (χ3n) is 4.53. The molecule has 1 aliphatic heterocycles. The number of benzene rings is 2. The van der Waals surface area contributed by atoms with E-state index < -0.39 is 10.0 Å². The molecule has 0 aliphatic carbocycles. The van der Waals surface area contributed by atoms with E-state index in [0.29, 0.717) is 10.9 Å². The van der Waals surface area contributed by atoms with Crippen LogP contribution in [0.15, 0.2) is 59.5 Å². The van der Waals surface area contributed by atoms with Gasteiger partial charge >= 0.3 is 0 Å². The first-order chi connectivity index (χ1) is 11.5. The summed E-state index contributed by atoms with van der Waals surface area (Å²) in [5.41, 5.74) is 1.65. The van der Waals surface area contributed by atoms with Crippen LogP contribution >= 0.6 is 0 Å². The fourth-order valence-electron chi connectivity index (χ4n) is 3.19. The van der Waals surface area contributed by atoms with Crippen molar-refractivity contribution >= 4 is 10.0 Å². The van der Waals surface area contributed by atoms with Gasteiger partial charge in [-0.2, -0.15) is 0 Å². The topological polar surface area (TPSA) is 49.4 Å².